The number of aryl methyl sites for hydroxylation is 1. The molecule has 2 rings (SSSR count). The predicted molar refractivity (Wildman–Crippen MR) is 98.5 cm³/mol. The molecule has 24 heavy (non-hydrogen) atoms. The molecule has 0 aliphatic rings. The maximum Gasteiger partial charge on any atom is 0.327 e. The second-order valence-corrected chi connectivity index (χ2v) is 6.75. The number of rotatable bonds is 7. The van der Waals surface area contributed by atoms with Gasteiger partial charge in [-0.3, -0.25) is 4.79 Å². The Hall–Kier alpha value is -2.20. The molecule has 0 aliphatic heterocycles. The van der Waals surface area contributed by atoms with E-state index in [1.165, 1.54) is 18.9 Å². The number of esters is 1. The molecule has 2 aromatic rings. The topological polar surface area (TPSA) is 35.5 Å². The summed E-state index contributed by atoms with van der Waals surface area (Å²) in [5.74, 6) is 0.402. The van der Waals surface area contributed by atoms with Crippen LogP contribution in [-0.4, -0.2) is 20.2 Å². The summed E-state index contributed by atoms with van der Waals surface area (Å²) >= 11 is 1.49. The molecule has 126 valence electrons. The Morgan fingerprint density at radius 1 is 1.21 bits per heavy atom. The molecular formula is C20H22O3S. The molecule has 0 spiro atoms. The van der Waals surface area contributed by atoms with Crippen molar-refractivity contribution in [3.63, 3.8) is 0 Å². The zero-order chi connectivity index (χ0) is 17.6. The molecule has 0 heterocycles. The number of carbonyl (C=O) groups excluding carboxylic acids is 1. The lowest BCUT2D eigenvalue weighted by atomic mass is 9.94. The first-order chi connectivity index (χ1) is 11.6. The molecule has 0 aliphatic carbocycles. The maximum atomic E-state index is 12.8. The number of benzene rings is 2. The van der Waals surface area contributed by atoms with Crippen LogP contribution in [0.25, 0.3) is 0 Å². The fourth-order valence-electron chi connectivity index (χ4n) is 2.56. The Labute approximate surface area is 147 Å². The number of carbonyl (C=O) groups is 1. The molecular weight excluding hydrogens is 320 g/mol. The number of allylic oxidation sites excluding steroid dienone is 1. The van der Waals surface area contributed by atoms with E-state index in [1.54, 1.807) is 13.2 Å². The number of hydrogen-bond acceptors (Lipinski definition) is 4. The molecule has 1 unspecified atom stereocenters. The van der Waals surface area contributed by atoms with Gasteiger partial charge in [0.15, 0.2) is 0 Å². The van der Waals surface area contributed by atoms with Gasteiger partial charge in [-0.2, -0.15) is 0 Å². The third-order valence-electron chi connectivity index (χ3n) is 3.86. The summed E-state index contributed by atoms with van der Waals surface area (Å²) in [6.07, 6.45) is 2.20. The van der Waals surface area contributed by atoms with E-state index < -0.39 is 4.75 Å². The van der Waals surface area contributed by atoms with Crippen LogP contribution in [0.4, 0.5) is 0 Å². The molecule has 0 saturated carbocycles. The summed E-state index contributed by atoms with van der Waals surface area (Å²) < 4.78 is 9.58. The number of thioether (sulfide) groups is 1. The second kappa shape index (κ2) is 8.06. The predicted octanol–water partition coefficient (Wildman–Crippen LogP) is 4.74. The molecule has 0 amide bonds. The molecule has 0 aromatic heterocycles. The first-order valence-corrected chi connectivity index (χ1v) is 8.47. The molecule has 4 heteroatoms. The highest BCUT2D eigenvalue weighted by atomic mass is 32.2. The van der Waals surface area contributed by atoms with Crippen LogP contribution in [0, 0.1) is 6.92 Å². The van der Waals surface area contributed by atoms with Gasteiger partial charge in [0, 0.05) is 4.90 Å². The quantitative estimate of drug-likeness (QED) is 0.414. The van der Waals surface area contributed by atoms with Crippen molar-refractivity contribution in [2.24, 2.45) is 0 Å². The molecule has 0 radical (unpaired) electrons. The Bertz CT molecular complexity index is 726. The van der Waals surface area contributed by atoms with E-state index in [0.29, 0.717) is 12.2 Å². The molecule has 0 saturated heterocycles. The van der Waals surface area contributed by atoms with Crippen molar-refractivity contribution >= 4 is 17.7 Å². The average Bonchev–Trinajstić information content (AvgIpc) is 2.62. The van der Waals surface area contributed by atoms with Crippen LogP contribution in [0.1, 0.15) is 17.5 Å². The molecule has 1 atom stereocenters. The van der Waals surface area contributed by atoms with Crippen LogP contribution >= 0.6 is 11.8 Å². The first-order valence-electron chi connectivity index (χ1n) is 7.66. The largest absolute Gasteiger partial charge is 0.497 e. The molecule has 0 bridgehead atoms. The van der Waals surface area contributed by atoms with Crippen molar-refractivity contribution in [3.8, 4) is 5.75 Å². The molecule has 0 N–H and O–H groups in total. The minimum Gasteiger partial charge on any atom is -0.497 e. The first kappa shape index (κ1) is 18.1. The van der Waals surface area contributed by atoms with E-state index in [1.807, 2.05) is 55.5 Å². The van der Waals surface area contributed by atoms with Gasteiger partial charge in [0.2, 0.25) is 0 Å². The Kier molecular flexibility index (Phi) is 6.10. The summed E-state index contributed by atoms with van der Waals surface area (Å²) in [5.41, 5.74) is 1.95. The van der Waals surface area contributed by atoms with Crippen LogP contribution < -0.4 is 4.74 Å². The Morgan fingerprint density at radius 3 is 2.58 bits per heavy atom. The standard InChI is InChI=1S/C20H22O3S/c1-5-13-20(19(21)23-4,16-10-8-11-17(14-16)22-3)24-18-12-7-6-9-15(18)2/h5-12,14H,1,13H2,2-4H3. The van der Waals surface area contributed by atoms with E-state index in [0.717, 1.165) is 16.0 Å². The number of ether oxygens (including phenoxy) is 2. The van der Waals surface area contributed by atoms with Crippen molar-refractivity contribution in [3.05, 3.63) is 72.3 Å². The van der Waals surface area contributed by atoms with E-state index in [4.69, 9.17) is 9.47 Å². The van der Waals surface area contributed by atoms with E-state index in [2.05, 4.69) is 6.58 Å². The Morgan fingerprint density at radius 2 is 1.96 bits per heavy atom. The van der Waals surface area contributed by atoms with Gasteiger partial charge in [-0.1, -0.05) is 36.4 Å². The highest BCUT2D eigenvalue weighted by Gasteiger charge is 2.42. The van der Waals surface area contributed by atoms with E-state index in [-0.39, 0.29) is 5.97 Å². The number of hydrogen-bond donors (Lipinski definition) is 0. The maximum absolute atomic E-state index is 12.8. The van der Waals surface area contributed by atoms with E-state index >= 15 is 0 Å². The zero-order valence-electron chi connectivity index (χ0n) is 14.2. The average molecular weight is 342 g/mol. The monoisotopic (exact) mass is 342 g/mol. The van der Waals surface area contributed by atoms with E-state index in [9.17, 15) is 4.79 Å². The molecule has 0 fully saturated rings. The van der Waals surface area contributed by atoms with Gasteiger partial charge < -0.3 is 9.47 Å². The fraction of sp³-hybridized carbons (Fsp3) is 0.250. The SMILES string of the molecule is C=CCC(Sc1ccccc1C)(C(=O)OC)c1cccc(OC)c1. The highest BCUT2D eigenvalue weighted by Crippen LogP contribution is 2.47. The van der Waals surface area contributed by atoms with Gasteiger partial charge in [-0.15, -0.1) is 18.3 Å². The lowest BCUT2D eigenvalue weighted by molar-refractivity contribution is -0.143. The molecule has 2 aromatic carbocycles. The summed E-state index contributed by atoms with van der Waals surface area (Å²) in [5, 5.41) is 0. The summed E-state index contributed by atoms with van der Waals surface area (Å²) in [7, 11) is 3.03. The minimum atomic E-state index is -0.906. The Balaban J connectivity index is 2.60. The van der Waals surface area contributed by atoms with Crippen LogP contribution in [0.2, 0.25) is 0 Å². The van der Waals surface area contributed by atoms with Crippen molar-refractivity contribution in [1.29, 1.82) is 0 Å². The van der Waals surface area contributed by atoms with Crippen LogP contribution in [0.15, 0.2) is 66.1 Å². The van der Waals surface area contributed by atoms with Gasteiger partial charge in [-0.05, 0) is 42.7 Å². The van der Waals surface area contributed by atoms with Gasteiger partial charge in [-0.25, -0.2) is 0 Å². The van der Waals surface area contributed by atoms with Gasteiger partial charge in [0.25, 0.3) is 0 Å². The normalized spacial score (nSPS) is 13.0. The summed E-state index contributed by atoms with van der Waals surface area (Å²) in [6, 6.07) is 15.5. The van der Waals surface area contributed by atoms with Crippen molar-refractivity contribution in [2.45, 2.75) is 23.0 Å². The third kappa shape index (κ3) is 3.65. The fourth-order valence-corrected chi connectivity index (χ4v) is 3.93. The highest BCUT2D eigenvalue weighted by molar-refractivity contribution is 8.01. The van der Waals surface area contributed by atoms with Crippen LogP contribution in [0.5, 0.6) is 5.75 Å². The number of methoxy groups -OCH3 is 2. The lowest BCUT2D eigenvalue weighted by Crippen LogP contribution is -2.33. The molecule has 3 nitrogen and oxygen atoms in total. The van der Waals surface area contributed by atoms with Crippen LogP contribution in [0.3, 0.4) is 0 Å². The van der Waals surface area contributed by atoms with Gasteiger partial charge in [0.1, 0.15) is 10.5 Å². The smallest absolute Gasteiger partial charge is 0.327 e. The van der Waals surface area contributed by atoms with Crippen molar-refractivity contribution < 1.29 is 14.3 Å². The second-order valence-electron chi connectivity index (χ2n) is 5.41. The van der Waals surface area contributed by atoms with Gasteiger partial charge >= 0.3 is 5.97 Å². The summed E-state index contributed by atoms with van der Waals surface area (Å²) in [6.45, 7) is 5.87. The van der Waals surface area contributed by atoms with Crippen molar-refractivity contribution in [2.75, 3.05) is 14.2 Å². The lowest BCUT2D eigenvalue weighted by Gasteiger charge is -2.30. The zero-order valence-corrected chi connectivity index (χ0v) is 15.1. The van der Waals surface area contributed by atoms with Crippen LogP contribution in [-0.2, 0) is 14.3 Å². The minimum absolute atomic E-state index is 0.302. The third-order valence-corrected chi connectivity index (χ3v) is 5.46. The van der Waals surface area contributed by atoms with Gasteiger partial charge in [0.05, 0.1) is 14.2 Å². The van der Waals surface area contributed by atoms with Crippen molar-refractivity contribution in [1.82, 2.24) is 0 Å². The summed E-state index contributed by atoms with van der Waals surface area (Å²) in [4.78, 5) is 13.8.